The van der Waals surface area contributed by atoms with E-state index in [-0.39, 0.29) is 5.49 Å². The molecule has 2 aromatic rings. The quantitative estimate of drug-likeness (QED) is 0.639. The predicted octanol–water partition coefficient (Wildman–Crippen LogP) is 1.46. The minimum Gasteiger partial charge on any atom is -0.409 e. The van der Waals surface area contributed by atoms with E-state index in [1.807, 2.05) is 24.3 Å². The number of hydrogen-bond acceptors (Lipinski definition) is 5. The molecule has 6 nitrogen and oxygen atoms in total. The van der Waals surface area contributed by atoms with Crippen LogP contribution in [0.1, 0.15) is 19.8 Å². The Morgan fingerprint density at radius 1 is 1.27 bits per heavy atom. The molecule has 0 unspecified atom stereocenters. The highest BCUT2D eigenvalue weighted by molar-refractivity contribution is 5.89. The first-order valence-corrected chi connectivity index (χ1v) is 7.55. The summed E-state index contributed by atoms with van der Waals surface area (Å²) >= 11 is 0. The van der Waals surface area contributed by atoms with Crippen LogP contribution < -0.4 is 15.9 Å². The van der Waals surface area contributed by atoms with Crippen LogP contribution in [0.3, 0.4) is 0 Å². The first-order valence-electron chi connectivity index (χ1n) is 7.55. The molecule has 22 heavy (non-hydrogen) atoms. The molecule has 0 amide bonds. The lowest BCUT2D eigenvalue weighted by Gasteiger charge is -2.31. The van der Waals surface area contributed by atoms with E-state index in [1.165, 1.54) is 4.57 Å². The van der Waals surface area contributed by atoms with E-state index >= 15 is 0 Å². The smallest absolute Gasteiger partial charge is 0.299 e. The molecule has 0 radical (unpaired) electrons. The van der Waals surface area contributed by atoms with Crippen LogP contribution in [0.15, 0.2) is 34.2 Å². The van der Waals surface area contributed by atoms with Crippen molar-refractivity contribution >= 4 is 16.7 Å². The van der Waals surface area contributed by atoms with Gasteiger partial charge in [0.05, 0.1) is 5.52 Å². The summed E-state index contributed by atoms with van der Waals surface area (Å²) in [5.74, 6) is 1.42. The Hall–Kier alpha value is -2.37. The Kier molecular flexibility index (Phi) is 3.83. The van der Waals surface area contributed by atoms with Crippen molar-refractivity contribution in [2.45, 2.75) is 19.8 Å². The number of hydrogen-bond donors (Lipinski definition) is 1. The molecule has 1 fully saturated rings. The zero-order chi connectivity index (χ0) is 15.7. The summed E-state index contributed by atoms with van der Waals surface area (Å²) in [6, 6.07) is 7.66. The summed E-state index contributed by atoms with van der Waals surface area (Å²) < 4.78 is 1.48. The van der Waals surface area contributed by atoms with Crippen molar-refractivity contribution in [3.8, 4) is 0 Å². The maximum absolute atomic E-state index is 12.3. The van der Waals surface area contributed by atoms with Crippen LogP contribution >= 0.6 is 0 Å². The minimum absolute atomic E-state index is 0.174. The summed E-state index contributed by atoms with van der Waals surface area (Å²) in [4.78, 5) is 18.9. The number of aromatic nitrogens is 2. The van der Waals surface area contributed by atoms with Gasteiger partial charge in [-0.05, 0) is 30.9 Å². The normalized spacial score (nSPS) is 17.2. The molecule has 0 bridgehead atoms. The van der Waals surface area contributed by atoms with E-state index in [0.29, 0.717) is 11.7 Å². The number of benzene rings is 1. The number of aryl methyl sites for hydroxylation is 1. The highest BCUT2D eigenvalue weighted by Gasteiger charge is 2.19. The van der Waals surface area contributed by atoms with Crippen molar-refractivity contribution in [1.82, 2.24) is 9.55 Å². The standard InChI is InChI=1S/C16H20N4O2/c1-11-7-9-20(10-8-11)15-12-5-3-4-6-13(12)19(2)16(21)14(17-15)18-22/h3-6,11,22H,7-10H2,1-2H3. The SMILES string of the molecule is CC1CCN(c2nc(=NO)c(=O)n(C)c3ccccc23)CC1. The highest BCUT2D eigenvalue weighted by Crippen LogP contribution is 2.26. The zero-order valence-corrected chi connectivity index (χ0v) is 12.9. The van der Waals surface area contributed by atoms with Gasteiger partial charge in [-0.3, -0.25) is 4.79 Å². The van der Waals surface area contributed by atoms with Crippen molar-refractivity contribution in [3.63, 3.8) is 0 Å². The van der Waals surface area contributed by atoms with Gasteiger partial charge in [0.2, 0.25) is 0 Å². The van der Waals surface area contributed by atoms with Crippen LogP contribution in [0.2, 0.25) is 0 Å². The second-order valence-corrected chi connectivity index (χ2v) is 5.91. The van der Waals surface area contributed by atoms with Crippen LogP contribution in [-0.2, 0) is 7.05 Å². The molecule has 1 aromatic heterocycles. The average Bonchev–Trinajstić information content (AvgIpc) is 2.65. The lowest BCUT2D eigenvalue weighted by atomic mass is 9.99. The second-order valence-electron chi connectivity index (χ2n) is 5.91. The number of anilines is 1. The fourth-order valence-electron chi connectivity index (χ4n) is 2.95. The number of para-hydroxylation sites is 1. The van der Waals surface area contributed by atoms with E-state index in [4.69, 9.17) is 5.21 Å². The molecule has 1 aromatic carbocycles. The molecule has 6 heteroatoms. The summed E-state index contributed by atoms with van der Waals surface area (Å²) in [6.45, 7) is 4.04. The molecule has 116 valence electrons. The molecule has 0 aliphatic carbocycles. The summed E-state index contributed by atoms with van der Waals surface area (Å²) in [5, 5.41) is 13.1. The number of nitrogens with zero attached hydrogens (tertiary/aromatic N) is 4. The van der Waals surface area contributed by atoms with Crippen LogP contribution in [-0.4, -0.2) is 27.8 Å². The van der Waals surface area contributed by atoms with Gasteiger partial charge in [-0.1, -0.05) is 24.2 Å². The number of fused-ring (bicyclic) bond motifs is 1. The topological polar surface area (TPSA) is 70.7 Å². The minimum atomic E-state index is -0.407. The van der Waals surface area contributed by atoms with Gasteiger partial charge in [-0.2, -0.15) is 0 Å². The monoisotopic (exact) mass is 300 g/mol. The molecule has 0 atom stereocenters. The van der Waals surface area contributed by atoms with Gasteiger partial charge in [0.15, 0.2) is 0 Å². The first-order chi connectivity index (χ1) is 10.6. The maximum Gasteiger partial charge on any atom is 0.299 e. The van der Waals surface area contributed by atoms with Gasteiger partial charge in [-0.15, -0.1) is 0 Å². The maximum atomic E-state index is 12.3. The van der Waals surface area contributed by atoms with Gasteiger partial charge < -0.3 is 14.7 Å². The Bertz CT molecular complexity index is 820. The largest absolute Gasteiger partial charge is 0.409 e. The number of rotatable bonds is 1. The molecule has 0 saturated carbocycles. The number of piperidine rings is 1. The molecule has 1 aliphatic heterocycles. The fraction of sp³-hybridized carbons (Fsp3) is 0.438. The molecular weight excluding hydrogens is 280 g/mol. The van der Waals surface area contributed by atoms with Gasteiger partial charge in [0.1, 0.15) is 5.82 Å². The first kappa shape index (κ1) is 14.6. The third-order valence-corrected chi connectivity index (χ3v) is 4.39. The molecule has 0 spiro atoms. The van der Waals surface area contributed by atoms with E-state index in [0.717, 1.165) is 36.8 Å². The van der Waals surface area contributed by atoms with Gasteiger partial charge >= 0.3 is 0 Å². The van der Waals surface area contributed by atoms with Crippen molar-refractivity contribution in [3.05, 3.63) is 40.1 Å². The van der Waals surface area contributed by atoms with E-state index < -0.39 is 5.56 Å². The van der Waals surface area contributed by atoms with E-state index in [1.54, 1.807) is 7.05 Å². The van der Waals surface area contributed by atoms with E-state index in [9.17, 15) is 4.79 Å². The predicted molar refractivity (Wildman–Crippen MR) is 84.9 cm³/mol. The van der Waals surface area contributed by atoms with Crippen LogP contribution in [0.5, 0.6) is 0 Å². The third kappa shape index (κ3) is 2.45. The fourth-order valence-corrected chi connectivity index (χ4v) is 2.95. The van der Waals surface area contributed by atoms with Gasteiger partial charge in [0, 0.05) is 25.5 Å². The van der Waals surface area contributed by atoms with Crippen molar-refractivity contribution in [1.29, 1.82) is 0 Å². The van der Waals surface area contributed by atoms with Crippen molar-refractivity contribution < 1.29 is 5.21 Å². The van der Waals surface area contributed by atoms with Crippen LogP contribution in [0, 0.1) is 5.92 Å². The average molecular weight is 300 g/mol. The Labute approximate surface area is 128 Å². The molecular formula is C16H20N4O2. The third-order valence-electron chi connectivity index (χ3n) is 4.39. The highest BCUT2D eigenvalue weighted by atomic mass is 16.4. The lowest BCUT2D eigenvalue weighted by Crippen LogP contribution is -2.36. The van der Waals surface area contributed by atoms with Crippen molar-refractivity contribution in [2.24, 2.45) is 18.1 Å². The zero-order valence-electron chi connectivity index (χ0n) is 12.9. The second kappa shape index (κ2) is 5.79. The van der Waals surface area contributed by atoms with Crippen LogP contribution in [0.4, 0.5) is 5.82 Å². The van der Waals surface area contributed by atoms with E-state index in [2.05, 4.69) is 22.0 Å². The molecule has 3 rings (SSSR count). The Morgan fingerprint density at radius 3 is 2.64 bits per heavy atom. The summed E-state index contributed by atoms with van der Waals surface area (Å²) in [6.07, 6.45) is 2.19. The summed E-state index contributed by atoms with van der Waals surface area (Å²) in [7, 11) is 1.67. The molecule has 1 aliphatic rings. The Balaban J connectivity index is 2.32. The molecule has 2 heterocycles. The Morgan fingerprint density at radius 2 is 1.95 bits per heavy atom. The van der Waals surface area contributed by atoms with Crippen molar-refractivity contribution in [2.75, 3.05) is 18.0 Å². The summed E-state index contributed by atoms with van der Waals surface area (Å²) in [5.41, 5.74) is 0.200. The molecule has 1 N–H and O–H groups in total. The van der Waals surface area contributed by atoms with Gasteiger partial charge in [-0.25, -0.2) is 4.98 Å². The molecule has 1 saturated heterocycles. The van der Waals surface area contributed by atoms with Crippen LogP contribution in [0.25, 0.3) is 10.9 Å². The van der Waals surface area contributed by atoms with Gasteiger partial charge in [0.25, 0.3) is 11.0 Å². The lowest BCUT2D eigenvalue weighted by molar-refractivity contribution is 0.297.